The van der Waals surface area contributed by atoms with Crippen molar-refractivity contribution in [1.82, 2.24) is 24.5 Å². The second-order valence-corrected chi connectivity index (χ2v) is 7.26. The van der Waals surface area contributed by atoms with Crippen molar-refractivity contribution in [3.8, 4) is 5.69 Å². The lowest BCUT2D eigenvalue weighted by Crippen LogP contribution is -2.14. The molecule has 0 radical (unpaired) electrons. The summed E-state index contributed by atoms with van der Waals surface area (Å²) in [6, 6.07) is 8.19. The highest BCUT2D eigenvalue weighted by molar-refractivity contribution is 9.10. The smallest absolute Gasteiger partial charge is 0.199 e. The van der Waals surface area contributed by atoms with Gasteiger partial charge in [0, 0.05) is 11.6 Å². The summed E-state index contributed by atoms with van der Waals surface area (Å²) >= 11 is 9.05. The van der Waals surface area contributed by atoms with Gasteiger partial charge < -0.3 is 0 Å². The molecule has 1 aromatic carbocycles. The molecule has 3 rings (SSSR count). The van der Waals surface area contributed by atoms with E-state index in [2.05, 4.69) is 64.1 Å². The van der Waals surface area contributed by atoms with Gasteiger partial charge in [0.05, 0.1) is 22.4 Å². The molecule has 1 atom stereocenters. The van der Waals surface area contributed by atoms with Crippen LogP contribution in [0, 0.1) is 25.5 Å². The molecule has 0 aliphatic heterocycles. The number of aromatic amines is 1. The van der Waals surface area contributed by atoms with E-state index in [1.165, 1.54) is 0 Å². The van der Waals surface area contributed by atoms with Crippen LogP contribution in [0.4, 0.5) is 0 Å². The average molecular weight is 406 g/mol. The Morgan fingerprint density at radius 1 is 1.25 bits per heavy atom. The zero-order valence-corrected chi connectivity index (χ0v) is 16.6. The summed E-state index contributed by atoms with van der Waals surface area (Å²) in [7, 11) is 0. The molecule has 126 valence electrons. The van der Waals surface area contributed by atoms with Crippen LogP contribution < -0.4 is 0 Å². The minimum absolute atomic E-state index is 0.155. The van der Waals surface area contributed by atoms with Gasteiger partial charge in [-0.1, -0.05) is 25.1 Å². The number of hydrogen-bond donors (Lipinski definition) is 1. The molecule has 0 amide bonds. The summed E-state index contributed by atoms with van der Waals surface area (Å²) in [5, 5.41) is 12.0. The lowest BCUT2D eigenvalue weighted by atomic mass is 10.1. The van der Waals surface area contributed by atoms with Crippen LogP contribution in [-0.2, 0) is 6.54 Å². The molecule has 3 aromatic rings. The van der Waals surface area contributed by atoms with E-state index in [1.807, 2.05) is 28.3 Å². The normalized spacial score (nSPS) is 12.5. The molecule has 0 bridgehead atoms. The SMILES string of the molecule is Cc1ccccc1-n1c([C@@H](C)Cn2nc(C)c(Br)c2C)n[nH]c1=S. The fraction of sp³-hybridized carbons (Fsp3) is 0.353. The number of benzene rings is 1. The number of nitrogens with zero attached hydrogens (tertiary/aromatic N) is 4. The number of aromatic nitrogens is 5. The van der Waals surface area contributed by atoms with Crippen LogP contribution in [0.1, 0.15) is 35.6 Å². The van der Waals surface area contributed by atoms with E-state index in [0.717, 1.165) is 39.5 Å². The molecule has 0 spiro atoms. The maximum absolute atomic E-state index is 5.46. The van der Waals surface area contributed by atoms with Gasteiger partial charge in [-0.2, -0.15) is 10.2 Å². The minimum atomic E-state index is 0.155. The Morgan fingerprint density at radius 3 is 2.58 bits per heavy atom. The summed E-state index contributed by atoms with van der Waals surface area (Å²) in [5.74, 6) is 1.07. The second kappa shape index (κ2) is 6.64. The first kappa shape index (κ1) is 17.1. The molecule has 0 unspecified atom stereocenters. The Hall–Kier alpha value is -1.73. The fourth-order valence-electron chi connectivity index (χ4n) is 2.88. The average Bonchev–Trinajstić information content (AvgIpc) is 3.04. The van der Waals surface area contributed by atoms with Crippen molar-refractivity contribution >= 4 is 28.1 Å². The first-order chi connectivity index (χ1) is 11.4. The second-order valence-electron chi connectivity index (χ2n) is 6.08. The molecule has 24 heavy (non-hydrogen) atoms. The minimum Gasteiger partial charge on any atom is -0.272 e. The number of H-pyrrole nitrogens is 1. The summed E-state index contributed by atoms with van der Waals surface area (Å²) in [6.45, 7) is 9.03. The maximum atomic E-state index is 5.46. The van der Waals surface area contributed by atoms with Crippen LogP contribution in [0.15, 0.2) is 28.7 Å². The number of rotatable bonds is 4. The highest BCUT2D eigenvalue weighted by Gasteiger charge is 2.19. The summed E-state index contributed by atoms with van der Waals surface area (Å²) in [5.41, 5.74) is 4.35. The first-order valence-electron chi connectivity index (χ1n) is 7.83. The van der Waals surface area contributed by atoms with Crippen molar-refractivity contribution < 1.29 is 0 Å². The van der Waals surface area contributed by atoms with Gasteiger partial charge in [0.15, 0.2) is 4.77 Å². The molecular formula is C17H20BrN5S. The fourth-order valence-corrected chi connectivity index (χ4v) is 3.40. The quantitative estimate of drug-likeness (QED) is 0.644. The van der Waals surface area contributed by atoms with Crippen LogP contribution in [0.25, 0.3) is 5.69 Å². The Labute approximate surface area is 154 Å². The molecule has 0 saturated heterocycles. The lowest BCUT2D eigenvalue weighted by molar-refractivity contribution is 0.506. The Balaban J connectivity index is 2.00. The van der Waals surface area contributed by atoms with E-state index in [1.54, 1.807) is 0 Å². The molecule has 5 nitrogen and oxygen atoms in total. The van der Waals surface area contributed by atoms with E-state index in [4.69, 9.17) is 12.2 Å². The molecule has 0 saturated carbocycles. The highest BCUT2D eigenvalue weighted by Crippen LogP contribution is 2.25. The summed E-state index contributed by atoms with van der Waals surface area (Å²) < 4.78 is 5.72. The molecule has 2 aromatic heterocycles. The maximum Gasteiger partial charge on any atom is 0.199 e. The number of para-hydroxylation sites is 1. The van der Waals surface area contributed by atoms with Crippen LogP contribution >= 0.6 is 28.1 Å². The standard InChI is InChI=1S/C17H20BrN5S/c1-10-7-5-6-8-14(10)23-16(19-20-17(23)24)11(2)9-22-13(4)15(18)12(3)21-22/h5-8,11H,9H2,1-4H3,(H,20,24)/t11-/m0/s1. The van der Waals surface area contributed by atoms with E-state index >= 15 is 0 Å². The van der Waals surface area contributed by atoms with Crippen molar-refractivity contribution in [2.24, 2.45) is 0 Å². The van der Waals surface area contributed by atoms with Crippen LogP contribution in [-0.4, -0.2) is 24.5 Å². The van der Waals surface area contributed by atoms with Crippen LogP contribution in [0.2, 0.25) is 0 Å². The molecule has 0 fully saturated rings. The first-order valence-corrected chi connectivity index (χ1v) is 9.03. The molecule has 7 heteroatoms. The number of aryl methyl sites for hydroxylation is 2. The predicted molar refractivity (Wildman–Crippen MR) is 101 cm³/mol. The van der Waals surface area contributed by atoms with Crippen molar-refractivity contribution in [3.05, 3.63) is 56.3 Å². The zero-order valence-electron chi connectivity index (χ0n) is 14.2. The Bertz CT molecular complexity index is 937. The lowest BCUT2D eigenvalue weighted by Gasteiger charge is -2.15. The third-order valence-electron chi connectivity index (χ3n) is 4.24. The van der Waals surface area contributed by atoms with Crippen molar-refractivity contribution in [3.63, 3.8) is 0 Å². The third-order valence-corrected chi connectivity index (χ3v) is 5.66. The zero-order chi connectivity index (χ0) is 17.4. The molecule has 0 aliphatic rings. The van der Waals surface area contributed by atoms with Gasteiger partial charge in [-0.25, -0.2) is 0 Å². The highest BCUT2D eigenvalue weighted by atomic mass is 79.9. The Morgan fingerprint density at radius 2 is 1.96 bits per heavy atom. The van der Waals surface area contributed by atoms with Crippen molar-refractivity contribution in [2.45, 2.75) is 40.2 Å². The van der Waals surface area contributed by atoms with Gasteiger partial charge in [-0.05, 0) is 60.5 Å². The van der Waals surface area contributed by atoms with E-state index in [0.29, 0.717) is 4.77 Å². The largest absolute Gasteiger partial charge is 0.272 e. The topological polar surface area (TPSA) is 51.4 Å². The number of halogens is 1. The van der Waals surface area contributed by atoms with Gasteiger partial charge >= 0.3 is 0 Å². The van der Waals surface area contributed by atoms with Gasteiger partial charge in [-0.15, -0.1) is 0 Å². The molecule has 2 heterocycles. The predicted octanol–water partition coefficient (Wildman–Crippen LogP) is 4.62. The van der Waals surface area contributed by atoms with Crippen molar-refractivity contribution in [1.29, 1.82) is 0 Å². The summed E-state index contributed by atoms with van der Waals surface area (Å²) in [6.07, 6.45) is 0. The number of nitrogens with one attached hydrogen (secondary N) is 1. The van der Waals surface area contributed by atoms with E-state index in [9.17, 15) is 0 Å². The van der Waals surface area contributed by atoms with Gasteiger partial charge in [0.1, 0.15) is 5.82 Å². The van der Waals surface area contributed by atoms with Crippen LogP contribution in [0.5, 0.6) is 0 Å². The van der Waals surface area contributed by atoms with Crippen molar-refractivity contribution in [2.75, 3.05) is 0 Å². The van der Waals surface area contributed by atoms with E-state index in [-0.39, 0.29) is 5.92 Å². The van der Waals surface area contributed by atoms with Gasteiger partial charge in [0.25, 0.3) is 0 Å². The Kier molecular flexibility index (Phi) is 4.73. The monoisotopic (exact) mass is 405 g/mol. The molecular weight excluding hydrogens is 386 g/mol. The van der Waals surface area contributed by atoms with Gasteiger partial charge in [-0.3, -0.25) is 14.3 Å². The number of hydrogen-bond acceptors (Lipinski definition) is 3. The summed E-state index contributed by atoms with van der Waals surface area (Å²) in [4.78, 5) is 0. The molecule has 1 N–H and O–H groups in total. The van der Waals surface area contributed by atoms with Crippen LogP contribution in [0.3, 0.4) is 0 Å². The van der Waals surface area contributed by atoms with Gasteiger partial charge in [0.2, 0.25) is 0 Å². The molecule has 0 aliphatic carbocycles. The van der Waals surface area contributed by atoms with E-state index < -0.39 is 0 Å². The third kappa shape index (κ3) is 2.98.